The molecule has 0 aliphatic rings. The second-order valence-corrected chi connectivity index (χ2v) is 5.20. The maximum absolute atomic E-state index is 12.5. The largest absolute Gasteiger partial charge is 0.463 e. The Hall–Kier alpha value is -3.22. The molecule has 25 heavy (non-hydrogen) atoms. The van der Waals surface area contributed by atoms with Crippen LogP contribution in [0.3, 0.4) is 0 Å². The Morgan fingerprint density at radius 1 is 1.28 bits per heavy atom. The Morgan fingerprint density at radius 3 is 2.76 bits per heavy atom. The van der Waals surface area contributed by atoms with E-state index in [1.807, 2.05) is 12.1 Å². The van der Waals surface area contributed by atoms with E-state index in [2.05, 4.69) is 10.3 Å². The molecular weight excluding hydrogens is 322 g/mol. The Kier molecular flexibility index (Phi) is 6.22. The molecule has 130 valence electrons. The number of primary amides is 1. The number of benzene rings is 1. The van der Waals surface area contributed by atoms with Crippen molar-refractivity contribution in [2.45, 2.75) is 19.4 Å². The number of fused-ring (bicyclic) bond motifs is 1. The molecule has 0 spiro atoms. The number of nitrogens with two attached hydrogens (primary N) is 1. The zero-order valence-electron chi connectivity index (χ0n) is 13.8. The molecule has 3 N–H and O–H groups in total. The van der Waals surface area contributed by atoms with Gasteiger partial charge in [0.15, 0.2) is 0 Å². The van der Waals surface area contributed by atoms with Crippen LogP contribution in [0, 0.1) is 0 Å². The zero-order valence-corrected chi connectivity index (χ0v) is 13.8. The molecule has 1 aromatic heterocycles. The van der Waals surface area contributed by atoms with E-state index in [-0.39, 0.29) is 13.0 Å². The predicted molar refractivity (Wildman–Crippen MR) is 92.6 cm³/mol. The number of hydrogen-bond acceptors (Lipinski definition) is 5. The highest BCUT2D eigenvalue weighted by Crippen LogP contribution is 2.16. The number of aromatic nitrogens is 1. The van der Waals surface area contributed by atoms with Crippen molar-refractivity contribution >= 4 is 28.7 Å². The van der Waals surface area contributed by atoms with Crippen molar-refractivity contribution in [1.82, 2.24) is 10.3 Å². The molecule has 7 heteroatoms. The topological polar surface area (TPSA) is 111 Å². The molecule has 0 radical (unpaired) electrons. The maximum Gasteiger partial charge on any atom is 0.330 e. The first kappa shape index (κ1) is 18.1. The van der Waals surface area contributed by atoms with Crippen LogP contribution in [0.1, 0.15) is 23.7 Å². The third kappa shape index (κ3) is 4.87. The quantitative estimate of drug-likeness (QED) is 0.583. The highest BCUT2D eigenvalue weighted by molar-refractivity contribution is 6.06. The average Bonchev–Trinajstić information content (AvgIpc) is 2.60. The van der Waals surface area contributed by atoms with Crippen LogP contribution in [0.2, 0.25) is 0 Å². The summed E-state index contributed by atoms with van der Waals surface area (Å²) in [5.74, 6) is -1.68. The number of ether oxygens (including phenoxy) is 1. The van der Waals surface area contributed by atoms with Gasteiger partial charge in [-0.3, -0.25) is 14.6 Å². The van der Waals surface area contributed by atoms with Crippen LogP contribution >= 0.6 is 0 Å². The van der Waals surface area contributed by atoms with Gasteiger partial charge in [0.25, 0.3) is 5.91 Å². The lowest BCUT2D eigenvalue weighted by Gasteiger charge is -2.14. The van der Waals surface area contributed by atoms with E-state index in [0.717, 1.165) is 5.39 Å². The molecular formula is C18H19N3O4. The first-order valence-corrected chi connectivity index (χ1v) is 7.80. The molecule has 0 aliphatic carbocycles. The van der Waals surface area contributed by atoms with Gasteiger partial charge >= 0.3 is 5.97 Å². The van der Waals surface area contributed by atoms with Gasteiger partial charge in [0, 0.05) is 17.7 Å². The number of hydrogen-bond donors (Lipinski definition) is 2. The molecule has 7 nitrogen and oxygen atoms in total. The van der Waals surface area contributed by atoms with Crippen molar-refractivity contribution in [3.63, 3.8) is 0 Å². The number of rotatable bonds is 7. The first-order valence-electron chi connectivity index (χ1n) is 7.80. The van der Waals surface area contributed by atoms with Crippen LogP contribution < -0.4 is 11.1 Å². The third-order valence-electron chi connectivity index (χ3n) is 3.44. The smallest absolute Gasteiger partial charge is 0.330 e. The van der Waals surface area contributed by atoms with Crippen molar-refractivity contribution in [3.8, 4) is 0 Å². The molecule has 1 atom stereocenters. The SMILES string of the molecule is CCOC(=O)/C=C/C[C@@H](NC(=O)c1cccc2cccnc12)C(N)=O. The van der Waals surface area contributed by atoms with Gasteiger partial charge in [-0.05, 0) is 25.5 Å². The van der Waals surface area contributed by atoms with Crippen molar-refractivity contribution in [2.75, 3.05) is 6.61 Å². The lowest BCUT2D eigenvalue weighted by atomic mass is 10.1. The van der Waals surface area contributed by atoms with Gasteiger partial charge in [-0.2, -0.15) is 0 Å². The summed E-state index contributed by atoms with van der Waals surface area (Å²) in [5.41, 5.74) is 6.21. The number of pyridine rings is 1. The van der Waals surface area contributed by atoms with Gasteiger partial charge in [0.05, 0.1) is 17.7 Å². The minimum absolute atomic E-state index is 0.0814. The second-order valence-electron chi connectivity index (χ2n) is 5.20. The minimum atomic E-state index is -0.947. The number of nitrogens with zero attached hydrogens (tertiary/aromatic N) is 1. The number of nitrogens with one attached hydrogen (secondary N) is 1. The van der Waals surface area contributed by atoms with E-state index in [9.17, 15) is 14.4 Å². The van der Waals surface area contributed by atoms with E-state index in [1.165, 1.54) is 12.2 Å². The van der Waals surface area contributed by atoms with E-state index in [4.69, 9.17) is 10.5 Å². The van der Waals surface area contributed by atoms with E-state index in [0.29, 0.717) is 11.1 Å². The normalized spacial score (nSPS) is 12.0. The Morgan fingerprint density at radius 2 is 2.04 bits per heavy atom. The molecule has 0 aliphatic heterocycles. The number of amides is 2. The fourth-order valence-electron chi connectivity index (χ4n) is 2.26. The van der Waals surface area contributed by atoms with Crippen LogP contribution in [0.15, 0.2) is 48.7 Å². The van der Waals surface area contributed by atoms with Crippen molar-refractivity contribution < 1.29 is 19.1 Å². The highest BCUT2D eigenvalue weighted by atomic mass is 16.5. The number of carbonyl (C=O) groups is 3. The predicted octanol–water partition coefficient (Wildman–Crippen LogP) is 1.33. The lowest BCUT2D eigenvalue weighted by molar-refractivity contribution is -0.137. The molecule has 2 rings (SSSR count). The Balaban J connectivity index is 2.12. The average molecular weight is 341 g/mol. The van der Waals surface area contributed by atoms with Crippen molar-refractivity contribution in [1.29, 1.82) is 0 Å². The lowest BCUT2D eigenvalue weighted by Crippen LogP contribution is -2.44. The zero-order chi connectivity index (χ0) is 18.2. The molecule has 0 saturated carbocycles. The van der Waals surface area contributed by atoms with E-state index >= 15 is 0 Å². The Labute approximate surface area is 144 Å². The van der Waals surface area contributed by atoms with E-state index in [1.54, 1.807) is 31.3 Å². The summed E-state index contributed by atoms with van der Waals surface area (Å²) in [4.78, 5) is 39.5. The fourth-order valence-corrected chi connectivity index (χ4v) is 2.26. The molecule has 1 aromatic carbocycles. The van der Waals surface area contributed by atoms with Crippen LogP contribution in [0.25, 0.3) is 10.9 Å². The summed E-state index contributed by atoms with van der Waals surface area (Å²) in [7, 11) is 0. The van der Waals surface area contributed by atoms with Crippen LogP contribution in [0.5, 0.6) is 0 Å². The molecule has 1 heterocycles. The molecule has 2 amide bonds. The van der Waals surface area contributed by atoms with Gasteiger partial charge in [-0.15, -0.1) is 0 Å². The maximum atomic E-state index is 12.5. The van der Waals surface area contributed by atoms with Crippen LogP contribution in [-0.4, -0.2) is 35.4 Å². The molecule has 0 unspecified atom stereocenters. The third-order valence-corrected chi connectivity index (χ3v) is 3.44. The summed E-state index contributed by atoms with van der Waals surface area (Å²) in [5, 5.41) is 3.39. The Bertz CT molecular complexity index is 812. The number of esters is 1. The second kappa shape index (κ2) is 8.58. The van der Waals surface area contributed by atoms with Crippen LogP contribution in [0.4, 0.5) is 0 Å². The number of para-hydroxylation sites is 1. The number of carbonyl (C=O) groups excluding carboxylic acids is 3. The highest BCUT2D eigenvalue weighted by Gasteiger charge is 2.19. The first-order chi connectivity index (χ1) is 12.0. The molecule has 0 bridgehead atoms. The van der Waals surface area contributed by atoms with Gasteiger partial charge in [0.1, 0.15) is 6.04 Å². The van der Waals surface area contributed by atoms with Crippen molar-refractivity contribution in [2.24, 2.45) is 5.73 Å². The van der Waals surface area contributed by atoms with Crippen molar-refractivity contribution in [3.05, 3.63) is 54.2 Å². The summed E-state index contributed by atoms with van der Waals surface area (Å²) in [6.45, 7) is 1.95. The summed E-state index contributed by atoms with van der Waals surface area (Å²) >= 11 is 0. The fraction of sp³-hybridized carbons (Fsp3) is 0.222. The summed E-state index contributed by atoms with van der Waals surface area (Å²) in [6.07, 6.45) is 4.31. The molecule has 0 fully saturated rings. The monoisotopic (exact) mass is 341 g/mol. The standard InChI is InChI=1S/C18H19N3O4/c1-2-25-15(22)10-4-9-14(17(19)23)21-18(24)13-8-3-6-12-7-5-11-20-16(12)13/h3-8,10-11,14H,2,9H2,1H3,(H2,19,23)(H,21,24)/b10-4+/t14-/m1/s1. The van der Waals surface area contributed by atoms with Gasteiger partial charge < -0.3 is 15.8 Å². The minimum Gasteiger partial charge on any atom is -0.463 e. The summed E-state index contributed by atoms with van der Waals surface area (Å²) in [6, 6.07) is 7.86. The molecule has 0 saturated heterocycles. The summed E-state index contributed by atoms with van der Waals surface area (Å²) < 4.78 is 4.75. The van der Waals surface area contributed by atoms with Crippen LogP contribution in [-0.2, 0) is 14.3 Å². The van der Waals surface area contributed by atoms with Gasteiger partial charge in [-0.1, -0.05) is 24.3 Å². The van der Waals surface area contributed by atoms with E-state index < -0.39 is 23.8 Å². The molecule has 2 aromatic rings. The van der Waals surface area contributed by atoms with Gasteiger partial charge in [0.2, 0.25) is 5.91 Å². The van der Waals surface area contributed by atoms with Gasteiger partial charge in [-0.25, -0.2) is 4.79 Å².